The highest BCUT2D eigenvalue weighted by molar-refractivity contribution is 6.32. The van der Waals surface area contributed by atoms with Crippen LogP contribution in [0, 0.1) is 5.92 Å². The summed E-state index contributed by atoms with van der Waals surface area (Å²) in [7, 11) is 6.08. The molecule has 2 amide bonds. The van der Waals surface area contributed by atoms with Crippen molar-refractivity contribution in [2.75, 3.05) is 6.54 Å². The Bertz CT molecular complexity index is 1140. The summed E-state index contributed by atoms with van der Waals surface area (Å²) in [5.74, 6) is -0.706. The molecule has 8 heteroatoms. The maximum Gasteiger partial charge on any atom is 0.305 e. The summed E-state index contributed by atoms with van der Waals surface area (Å²) < 4.78 is 0. The second-order valence-electron chi connectivity index (χ2n) is 11.1. The van der Waals surface area contributed by atoms with E-state index in [-0.39, 0.29) is 30.8 Å². The number of benzene rings is 2. The molecule has 38 heavy (non-hydrogen) atoms. The van der Waals surface area contributed by atoms with E-state index in [0.717, 1.165) is 56.1 Å². The molecule has 2 aromatic rings. The first-order valence-electron chi connectivity index (χ1n) is 13.8. The minimum Gasteiger partial charge on any atom is -0.481 e. The number of amides is 2. The number of rotatable bonds is 10. The molecule has 2 fully saturated rings. The zero-order valence-electron chi connectivity index (χ0n) is 22.4. The summed E-state index contributed by atoms with van der Waals surface area (Å²) in [6.07, 6.45) is 6.75. The molecule has 0 aromatic heterocycles. The molecule has 2 aliphatic rings. The van der Waals surface area contributed by atoms with E-state index in [4.69, 9.17) is 13.0 Å². The number of nitrogens with zero attached hydrogens (tertiary/aromatic N) is 1. The van der Waals surface area contributed by atoms with Gasteiger partial charge in [0.05, 0.1) is 18.1 Å². The van der Waals surface area contributed by atoms with Crippen molar-refractivity contribution in [3.63, 3.8) is 0 Å². The Kier molecular flexibility index (Phi) is 8.93. The third kappa shape index (κ3) is 6.29. The summed E-state index contributed by atoms with van der Waals surface area (Å²) in [4.78, 5) is 39.6. The summed E-state index contributed by atoms with van der Waals surface area (Å²) in [6, 6.07) is 14.4. The molecule has 2 aromatic carbocycles. The van der Waals surface area contributed by atoms with Crippen molar-refractivity contribution < 1.29 is 19.5 Å². The number of hydrogen-bond acceptors (Lipinski definition) is 4. The lowest BCUT2D eigenvalue weighted by atomic mass is 9.85. The highest BCUT2D eigenvalue weighted by Crippen LogP contribution is 2.46. The molecule has 7 nitrogen and oxygen atoms in total. The van der Waals surface area contributed by atoms with Crippen molar-refractivity contribution >= 4 is 31.1 Å². The van der Waals surface area contributed by atoms with Crippen LogP contribution < -0.4 is 16.1 Å². The van der Waals surface area contributed by atoms with Gasteiger partial charge in [-0.1, -0.05) is 62.1 Å². The van der Waals surface area contributed by atoms with Crippen LogP contribution in [0.5, 0.6) is 0 Å². The van der Waals surface area contributed by atoms with Gasteiger partial charge in [-0.3, -0.25) is 19.7 Å². The van der Waals surface area contributed by atoms with Gasteiger partial charge in [0, 0.05) is 12.1 Å². The predicted molar refractivity (Wildman–Crippen MR) is 148 cm³/mol. The maximum atomic E-state index is 14.2. The fourth-order valence-corrected chi connectivity index (χ4v) is 5.87. The molecule has 3 N–H and O–H groups in total. The number of carbonyl (C=O) groups is 3. The van der Waals surface area contributed by atoms with Crippen LogP contribution >= 0.6 is 0 Å². The van der Waals surface area contributed by atoms with Crippen LogP contribution in [0.2, 0.25) is 0 Å². The van der Waals surface area contributed by atoms with E-state index in [2.05, 4.69) is 29.4 Å². The number of carbonyl (C=O) groups excluding carboxylic acids is 2. The van der Waals surface area contributed by atoms with Gasteiger partial charge in [-0.15, -0.1) is 0 Å². The van der Waals surface area contributed by atoms with Crippen LogP contribution in [-0.4, -0.2) is 47.8 Å². The number of carboxylic acid groups (broad SMARTS) is 1. The van der Waals surface area contributed by atoms with Gasteiger partial charge < -0.3 is 15.3 Å². The van der Waals surface area contributed by atoms with Crippen molar-refractivity contribution in [3.8, 4) is 0 Å². The molecule has 1 spiro atoms. The van der Waals surface area contributed by atoms with Crippen LogP contribution in [0.3, 0.4) is 0 Å². The maximum absolute atomic E-state index is 14.2. The highest BCUT2D eigenvalue weighted by atomic mass is 16.4. The van der Waals surface area contributed by atoms with Gasteiger partial charge in [-0.25, -0.2) is 0 Å². The fourth-order valence-electron chi connectivity index (χ4n) is 5.87. The van der Waals surface area contributed by atoms with Gasteiger partial charge in [0.15, 0.2) is 0 Å². The summed E-state index contributed by atoms with van der Waals surface area (Å²) in [5.41, 5.74) is 2.58. The van der Waals surface area contributed by atoms with Crippen LogP contribution in [0.4, 0.5) is 0 Å². The van der Waals surface area contributed by atoms with E-state index < -0.39 is 17.7 Å². The largest absolute Gasteiger partial charge is 0.481 e. The lowest BCUT2D eigenvalue weighted by Crippen LogP contribution is -2.54. The summed E-state index contributed by atoms with van der Waals surface area (Å²) in [5, 5.41) is 15.2. The Morgan fingerprint density at radius 3 is 2.45 bits per heavy atom. The van der Waals surface area contributed by atoms with Gasteiger partial charge >= 0.3 is 5.97 Å². The van der Waals surface area contributed by atoms with Crippen molar-refractivity contribution in [2.45, 2.75) is 83.0 Å². The van der Waals surface area contributed by atoms with E-state index >= 15 is 0 Å². The third-order valence-corrected chi connectivity index (χ3v) is 7.79. The van der Waals surface area contributed by atoms with Crippen molar-refractivity contribution in [3.05, 3.63) is 65.2 Å². The molecule has 200 valence electrons. The van der Waals surface area contributed by atoms with E-state index in [1.807, 2.05) is 36.4 Å². The molecular weight excluding hydrogens is 477 g/mol. The first-order chi connectivity index (χ1) is 18.2. The molecule has 1 aliphatic carbocycles. The number of nitrogens with one attached hydrogen (secondary N) is 2. The molecule has 1 saturated carbocycles. The molecule has 2 unspecified atom stereocenters. The van der Waals surface area contributed by atoms with Crippen LogP contribution in [0.1, 0.15) is 98.8 Å². The Labute approximate surface area is 226 Å². The Morgan fingerprint density at radius 1 is 1.11 bits per heavy atom. The smallest absolute Gasteiger partial charge is 0.305 e. The lowest BCUT2D eigenvalue weighted by molar-refractivity contribution is -0.137. The minimum atomic E-state index is -0.953. The first kappa shape index (κ1) is 27.9. The van der Waals surface area contributed by atoms with E-state index in [0.29, 0.717) is 16.9 Å². The molecule has 1 aliphatic heterocycles. The van der Waals surface area contributed by atoms with Crippen LogP contribution in [0.15, 0.2) is 48.5 Å². The van der Waals surface area contributed by atoms with Gasteiger partial charge in [0.25, 0.3) is 5.91 Å². The van der Waals surface area contributed by atoms with Crippen molar-refractivity contribution in [2.24, 2.45) is 5.92 Å². The molecule has 1 heterocycles. The average molecular weight is 515 g/mol. The van der Waals surface area contributed by atoms with Gasteiger partial charge in [-0.2, -0.15) is 0 Å². The van der Waals surface area contributed by atoms with Gasteiger partial charge in [-0.05, 0) is 67.7 Å². The normalized spacial score (nSPS) is 19.6. The molecule has 2 radical (unpaired) electrons. The molecule has 4 rings (SSSR count). The molecule has 0 bridgehead atoms. The first-order valence-corrected chi connectivity index (χ1v) is 13.8. The Morgan fingerprint density at radius 2 is 1.82 bits per heavy atom. The van der Waals surface area contributed by atoms with E-state index in [1.165, 1.54) is 0 Å². The lowest BCUT2D eigenvalue weighted by Gasteiger charge is -2.45. The monoisotopic (exact) mass is 515 g/mol. The number of carboxylic acids is 1. The van der Waals surface area contributed by atoms with Crippen molar-refractivity contribution in [1.82, 2.24) is 15.5 Å². The second-order valence-corrected chi connectivity index (χ2v) is 11.1. The zero-order valence-corrected chi connectivity index (χ0v) is 22.4. The zero-order chi connectivity index (χ0) is 27.3. The van der Waals surface area contributed by atoms with Crippen LogP contribution in [-0.2, 0) is 9.59 Å². The number of hydrogen-bond donors (Lipinski definition) is 3. The second kappa shape index (κ2) is 12.2. The summed E-state index contributed by atoms with van der Waals surface area (Å²) in [6.45, 7) is 4.46. The Hall–Kier alpha value is -3.13. The van der Waals surface area contributed by atoms with Gasteiger partial charge in [0.2, 0.25) is 5.91 Å². The van der Waals surface area contributed by atoms with E-state index in [9.17, 15) is 14.4 Å². The number of aliphatic carboxylic acids is 1. The molecule has 1 saturated heterocycles. The predicted octanol–water partition coefficient (Wildman–Crippen LogP) is 4.00. The Balaban J connectivity index is 1.66. The molecular formula is C30H38BN3O4. The summed E-state index contributed by atoms with van der Waals surface area (Å²) >= 11 is 0. The highest BCUT2D eigenvalue weighted by Gasteiger charge is 2.53. The fraction of sp³-hybridized carbons (Fsp3) is 0.500. The van der Waals surface area contributed by atoms with Gasteiger partial charge in [0.1, 0.15) is 13.9 Å². The van der Waals surface area contributed by atoms with E-state index in [1.54, 1.807) is 12.1 Å². The third-order valence-electron chi connectivity index (χ3n) is 7.79. The minimum absolute atomic E-state index is 0.0711. The molecule has 2 atom stereocenters. The SMILES string of the molecule is [B]c1cccc(C2NC3(CCCCC3)N(C(CCC(C)C)c3ccc(C(=O)NCCC(=O)O)cc3)C2=O)c1. The van der Waals surface area contributed by atoms with Crippen molar-refractivity contribution in [1.29, 1.82) is 0 Å². The topological polar surface area (TPSA) is 98.7 Å². The van der Waals surface area contributed by atoms with Crippen LogP contribution in [0.25, 0.3) is 0 Å². The quantitative estimate of drug-likeness (QED) is 0.416. The average Bonchev–Trinajstić information content (AvgIpc) is 3.16. The standard InChI is InChI=1S/C30H38BN3O4/c1-20(2)9-14-25(21-10-12-22(13-11-21)28(37)32-18-15-26(35)36)34-29(38)27(23-7-6-8-24(31)19-23)33-30(34)16-4-3-5-17-30/h6-8,10-13,19-20,25,27,33H,3-5,9,14-18H2,1-2H3,(H,32,37)(H,35,36).